The zero-order valence-electron chi connectivity index (χ0n) is 11.8. The third-order valence-corrected chi connectivity index (χ3v) is 4.35. The van der Waals surface area contributed by atoms with E-state index in [0.717, 1.165) is 5.92 Å². The van der Waals surface area contributed by atoms with Gasteiger partial charge in [-0.2, -0.15) is 0 Å². The van der Waals surface area contributed by atoms with E-state index in [-0.39, 0.29) is 0 Å². The Bertz CT molecular complexity index is 354. The highest BCUT2D eigenvalue weighted by Gasteiger charge is 2.19. The second kappa shape index (κ2) is 6.89. The van der Waals surface area contributed by atoms with Crippen LogP contribution in [0.5, 0.6) is 0 Å². The maximum Gasteiger partial charge on any atom is 0.0338 e. The van der Waals surface area contributed by atoms with Crippen LogP contribution in [-0.2, 0) is 0 Å². The molecule has 1 heterocycles. The number of hydrogen-bond donors (Lipinski definition) is 1. The van der Waals surface area contributed by atoms with Crippen molar-refractivity contribution >= 4 is 0 Å². The molecule has 1 unspecified atom stereocenters. The van der Waals surface area contributed by atoms with E-state index >= 15 is 0 Å². The predicted octanol–water partition coefficient (Wildman–Crippen LogP) is 4.01. The first-order valence-corrected chi connectivity index (χ1v) is 7.39. The summed E-state index contributed by atoms with van der Waals surface area (Å²) in [4.78, 5) is 4.29. The second-order valence-corrected chi connectivity index (χ2v) is 5.67. The monoisotopic (exact) mass is 246 g/mol. The average molecular weight is 246 g/mol. The minimum absolute atomic E-state index is 0.474. The Kier molecular flexibility index (Phi) is 5.18. The Morgan fingerprint density at radius 1 is 1.28 bits per heavy atom. The van der Waals surface area contributed by atoms with Crippen LogP contribution >= 0.6 is 0 Å². The van der Waals surface area contributed by atoms with Gasteiger partial charge in [-0.25, -0.2) is 0 Å². The van der Waals surface area contributed by atoms with Crippen LogP contribution in [-0.4, -0.2) is 12.0 Å². The molecule has 18 heavy (non-hydrogen) atoms. The number of aryl methyl sites for hydroxylation is 1. The van der Waals surface area contributed by atoms with Crippen molar-refractivity contribution in [2.75, 3.05) is 7.05 Å². The molecule has 0 aliphatic heterocycles. The first-order chi connectivity index (χ1) is 8.81. The van der Waals surface area contributed by atoms with Crippen LogP contribution in [0.2, 0.25) is 0 Å². The van der Waals surface area contributed by atoms with Crippen molar-refractivity contribution in [3.8, 4) is 0 Å². The molecular formula is C16H26N2. The molecule has 0 bridgehead atoms. The van der Waals surface area contributed by atoms with Gasteiger partial charge in [0.25, 0.3) is 0 Å². The molecule has 2 rings (SSSR count). The molecule has 0 saturated heterocycles. The van der Waals surface area contributed by atoms with Gasteiger partial charge in [0.05, 0.1) is 0 Å². The van der Waals surface area contributed by atoms with E-state index in [0.29, 0.717) is 6.04 Å². The van der Waals surface area contributed by atoms with Gasteiger partial charge < -0.3 is 5.32 Å². The molecule has 0 radical (unpaired) electrons. The van der Waals surface area contributed by atoms with E-state index in [9.17, 15) is 0 Å². The van der Waals surface area contributed by atoms with Crippen molar-refractivity contribution in [3.63, 3.8) is 0 Å². The highest BCUT2D eigenvalue weighted by Crippen LogP contribution is 2.31. The van der Waals surface area contributed by atoms with Crippen LogP contribution in [0.3, 0.4) is 0 Å². The van der Waals surface area contributed by atoms with Crippen molar-refractivity contribution in [2.45, 2.75) is 57.9 Å². The van der Waals surface area contributed by atoms with Crippen molar-refractivity contribution in [1.82, 2.24) is 10.3 Å². The molecule has 1 aliphatic carbocycles. The summed E-state index contributed by atoms with van der Waals surface area (Å²) in [6, 6.07) is 2.59. The van der Waals surface area contributed by atoms with E-state index < -0.39 is 0 Å². The van der Waals surface area contributed by atoms with Crippen LogP contribution < -0.4 is 5.32 Å². The molecule has 2 heteroatoms. The summed E-state index contributed by atoms with van der Waals surface area (Å²) >= 11 is 0. The topological polar surface area (TPSA) is 24.9 Å². The van der Waals surface area contributed by atoms with Gasteiger partial charge >= 0.3 is 0 Å². The largest absolute Gasteiger partial charge is 0.313 e. The van der Waals surface area contributed by atoms with Gasteiger partial charge in [0.1, 0.15) is 0 Å². The van der Waals surface area contributed by atoms with Crippen LogP contribution in [0.25, 0.3) is 0 Å². The number of aromatic nitrogens is 1. The third kappa shape index (κ3) is 3.55. The van der Waals surface area contributed by atoms with E-state index in [1.165, 1.54) is 56.1 Å². The van der Waals surface area contributed by atoms with Crippen LogP contribution in [0.15, 0.2) is 18.5 Å². The highest BCUT2D eigenvalue weighted by molar-refractivity contribution is 5.25. The van der Waals surface area contributed by atoms with Crippen molar-refractivity contribution in [1.29, 1.82) is 0 Å². The normalized spacial score (nSPS) is 19.4. The van der Waals surface area contributed by atoms with E-state index in [1.54, 1.807) is 0 Å². The molecular weight excluding hydrogens is 220 g/mol. The van der Waals surface area contributed by atoms with Gasteiger partial charge in [-0.3, -0.25) is 4.98 Å². The zero-order valence-corrected chi connectivity index (χ0v) is 11.8. The van der Waals surface area contributed by atoms with Gasteiger partial charge in [0, 0.05) is 18.4 Å². The summed E-state index contributed by atoms with van der Waals surface area (Å²) in [6.07, 6.45) is 13.7. The summed E-state index contributed by atoms with van der Waals surface area (Å²) in [7, 11) is 2.08. The van der Waals surface area contributed by atoms with Gasteiger partial charge in [0.15, 0.2) is 0 Å². The first kappa shape index (κ1) is 13.5. The lowest BCUT2D eigenvalue weighted by Crippen LogP contribution is -2.21. The summed E-state index contributed by atoms with van der Waals surface area (Å²) in [5, 5.41) is 3.49. The van der Waals surface area contributed by atoms with E-state index in [4.69, 9.17) is 0 Å². The fourth-order valence-corrected chi connectivity index (χ4v) is 3.17. The lowest BCUT2D eigenvalue weighted by atomic mass is 9.89. The van der Waals surface area contributed by atoms with E-state index in [2.05, 4.69) is 30.3 Å². The van der Waals surface area contributed by atoms with Crippen molar-refractivity contribution < 1.29 is 0 Å². The minimum atomic E-state index is 0.474. The quantitative estimate of drug-likeness (QED) is 0.812. The molecule has 1 aromatic heterocycles. The molecule has 1 saturated carbocycles. The van der Waals surface area contributed by atoms with Crippen LogP contribution in [0.4, 0.5) is 0 Å². The van der Waals surface area contributed by atoms with Gasteiger partial charge in [-0.1, -0.05) is 38.5 Å². The molecule has 0 aromatic carbocycles. The highest BCUT2D eigenvalue weighted by atomic mass is 14.9. The molecule has 1 aliphatic rings. The smallest absolute Gasteiger partial charge is 0.0338 e. The summed E-state index contributed by atoms with van der Waals surface area (Å²) in [5.74, 6) is 0.893. The average Bonchev–Trinajstić information content (AvgIpc) is 2.65. The number of rotatable bonds is 4. The molecule has 1 fully saturated rings. The lowest BCUT2D eigenvalue weighted by Gasteiger charge is -2.23. The summed E-state index contributed by atoms with van der Waals surface area (Å²) < 4.78 is 0. The van der Waals surface area contributed by atoms with Crippen LogP contribution in [0.1, 0.15) is 62.1 Å². The zero-order chi connectivity index (χ0) is 12.8. The van der Waals surface area contributed by atoms with E-state index in [1.807, 2.05) is 12.4 Å². The molecule has 100 valence electrons. The Morgan fingerprint density at radius 2 is 2.00 bits per heavy atom. The predicted molar refractivity (Wildman–Crippen MR) is 76.6 cm³/mol. The lowest BCUT2D eigenvalue weighted by molar-refractivity contribution is 0.367. The van der Waals surface area contributed by atoms with Crippen LogP contribution in [0, 0.1) is 12.8 Å². The maximum absolute atomic E-state index is 4.29. The number of nitrogens with zero attached hydrogens (tertiary/aromatic N) is 1. The Morgan fingerprint density at radius 3 is 2.61 bits per heavy atom. The molecule has 1 N–H and O–H groups in total. The molecule has 1 aromatic rings. The third-order valence-electron chi connectivity index (χ3n) is 4.35. The molecule has 0 spiro atoms. The molecule has 1 atom stereocenters. The fourth-order valence-electron chi connectivity index (χ4n) is 3.17. The Balaban J connectivity index is 2.02. The number of nitrogens with one attached hydrogen (secondary N) is 1. The SMILES string of the molecule is CNC(CC1CCCCCC1)c1cnccc1C. The Labute approximate surface area is 111 Å². The number of pyridine rings is 1. The fraction of sp³-hybridized carbons (Fsp3) is 0.688. The standard InChI is InChI=1S/C16H26N2/c1-13-9-10-18-12-15(13)16(17-2)11-14-7-5-3-4-6-8-14/h9-10,12,14,16-17H,3-8,11H2,1-2H3. The number of hydrogen-bond acceptors (Lipinski definition) is 2. The van der Waals surface area contributed by atoms with Gasteiger partial charge in [-0.05, 0) is 43.5 Å². The minimum Gasteiger partial charge on any atom is -0.313 e. The maximum atomic E-state index is 4.29. The van der Waals surface area contributed by atoms with Crippen molar-refractivity contribution in [3.05, 3.63) is 29.6 Å². The van der Waals surface area contributed by atoms with Crippen molar-refractivity contribution in [2.24, 2.45) is 5.92 Å². The van der Waals surface area contributed by atoms with Gasteiger partial charge in [0.2, 0.25) is 0 Å². The summed E-state index contributed by atoms with van der Waals surface area (Å²) in [6.45, 7) is 2.19. The molecule has 2 nitrogen and oxygen atoms in total. The Hall–Kier alpha value is -0.890. The summed E-state index contributed by atoms with van der Waals surface area (Å²) in [5.41, 5.74) is 2.74. The molecule has 0 amide bonds. The first-order valence-electron chi connectivity index (χ1n) is 7.39. The second-order valence-electron chi connectivity index (χ2n) is 5.67. The van der Waals surface area contributed by atoms with Gasteiger partial charge in [-0.15, -0.1) is 0 Å².